The summed E-state index contributed by atoms with van der Waals surface area (Å²) in [5.41, 5.74) is -1.38. The molecule has 2 bridgehead atoms. The summed E-state index contributed by atoms with van der Waals surface area (Å²) in [5, 5.41) is 18.8. The number of carbonyl (C=O) groups is 3. The van der Waals surface area contributed by atoms with Crippen LogP contribution in [0.5, 0.6) is 5.75 Å². The van der Waals surface area contributed by atoms with Gasteiger partial charge >= 0.3 is 0 Å². The lowest BCUT2D eigenvalue weighted by Gasteiger charge is -2.37. The molecule has 12 heteroatoms. The van der Waals surface area contributed by atoms with E-state index < -0.39 is 40.2 Å². The van der Waals surface area contributed by atoms with Crippen molar-refractivity contribution < 1.29 is 23.9 Å². The number of carbonyl (C=O) groups excluding carboxylic acids is 3. The summed E-state index contributed by atoms with van der Waals surface area (Å²) in [6.45, 7) is 1.67. The van der Waals surface area contributed by atoms with Gasteiger partial charge in [-0.15, -0.1) is 0 Å². The van der Waals surface area contributed by atoms with Crippen molar-refractivity contribution >= 4 is 23.5 Å². The van der Waals surface area contributed by atoms with Crippen molar-refractivity contribution in [1.29, 1.82) is 0 Å². The van der Waals surface area contributed by atoms with E-state index in [1.807, 2.05) is 0 Å². The molecule has 6 rings (SSSR count). The molecule has 4 heterocycles. The highest BCUT2D eigenvalue weighted by atomic mass is 19.1. The number of amides is 3. The molecule has 1 aromatic carbocycles. The lowest BCUT2D eigenvalue weighted by Crippen LogP contribution is -2.50. The quantitative estimate of drug-likeness (QED) is 0.378. The zero-order valence-electron chi connectivity index (χ0n) is 21.2. The van der Waals surface area contributed by atoms with Crippen molar-refractivity contribution in [3.05, 3.63) is 81.4 Å². The Hall–Kier alpha value is -4.61. The lowest BCUT2D eigenvalue weighted by atomic mass is 9.77. The van der Waals surface area contributed by atoms with Crippen molar-refractivity contribution in [1.82, 2.24) is 25.2 Å². The Bertz CT molecular complexity index is 1510. The first kappa shape index (κ1) is 26.0. The van der Waals surface area contributed by atoms with Crippen LogP contribution in [-0.2, 0) is 23.4 Å². The van der Waals surface area contributed by atoms with Gasteiger partial charge in [0.25, 0.3) is 17.4 Å². The molecule has 4 N–H and O–H groups in total. The first-order chi connectivity index (χ1) is 18.6. The van der Waals surface area contributed by atoms with Gasteiger partial charge in [-0.2, -0.15) is 0 Å². The molecule has 0 unspecified atom stereocenters. The molecule has 39 heavy (non-hydrogen) atoms. The number of hydrogen-bond donors (Lipinski definition) is 4. The average Bonchev–Trinajstić information content (AvgIpc) is 3.16. The standard InChI is InChI=1S/C27H27FN6O5/c1-15(35)31-20-12-18(8-11-29-20)23(37)33-27-9-6-17(7-10-27)14-34-25(39)22(36)21(32-26(27)34)24(38)30-13-16-2-4-19(28)5-3-16/h2-5,8,11-12,17,36H,6-7,9-10,13-14H2,1H3,(H,30,38)(H,33,37)(H,29,31,35). The normalized spacial score (nSPS) is 19.5. The molecule has 1 saturated carbocycles. The third-order valence-corrected chi connectivity index (χ3v) is 7.23. The Morgan fingerprint density at radius 1 is 1.13 bits per heavy atom. The number of halogens is 1. The third kappa shape index (κ3) is 5.22. The molecule has 2 aromatic heterocycles. The third-order valence-electron chi connectivity index (χ3n) is 7.23. The van der Waals surface area contributed by atoms with E-state index in [1.165, 1.54) is 54.1 Å². The van der Waals surface area contributed by atoms with E-state index in [2.05, 4.69) is 25.9 Å². The largest absolute Gasteiger partial charge is 0.501 e. The topological polar surface area (TPSA) is 155 Å². The first-order valence-electron chi connectivity index (χ1n) is 12.6. The number of rotatable bonds is 6. The monoisotopic (exact) mass is 534 g/mol. The minimum atomic E-state index is -1.06. The zero-order valence-corrected chi connectivity index (χ0v) is 21.2. The summed E-state index contributed by atoms with van der Waals surface area (Å²) in [6.07, 6.45) is 3.80. The van der Waals surface area contributed by atoms with E-state index in [0.29, 0.717) is 37.8 Å². The Labute approximate surface area is 222 Å². The van der Waals surface area contributed by atoms with Gasteiger partial charge in [-0.25, -0.2) is 14.4 Å². The van der Waals surface area contributed by atoms with Crippen LogP contribution in [0.15, 0.2) is 47.4 Å². The molecule has 11 nitrogen and oxygen atoms in total. The van der Waals surface area contributed by atoms with Crippen LogP contribution in [0.3, 0.4) is 0 Å². The number of pyridine rings is 1. The maximum Gasteiger partial charge on any atom is 0.296 e. The van der Waals surface area contributed by atoms with Gasteiger partial charge in [-0.3, -0.25) is 23.7 Å². The van der Waals surface area contributed by atoms with Gasteiger partial charge in [0.2, 0.25) is 11.7 Å². The van der Waals surface area contributed by atoms with Crippen LogP contribution in [-0.4, -0.2) is 37.4 Å². The van der Waals surface area contributed by atoms with Crippen LogP contribution in [0, 0.1) is 11.7 Å². The summed E-state index contributed by atoms with van der Waals surface area (Å²) in [4.78, 5) is 59.6. The number of nitrogens with zero attached hydrogens (tertiary/aromatic N) is 3. The number of benzene rings is 1. The van der Waals surface area contributed by atoms with Gasteiger partial charge in [-0.1, -0.05) is 12.1 Å². The summed E-state index contributed by atoms with van der Waals surface area (Å²) in [7, 11) is 0. The number of aromatic hydroxyl groups is 1. The molecular formula is C27H27FN6O5. The summed E-state index contributed by atoms with van der Waals surface area (Å²) >= 11 is 0. The van der Waals surface area contributed by atoms with Crippen LogP contribution in [0.2, 0.25) is 0 Å². The van der Waals surface area contributed by atoms with Gasteiger partial charge < -0.3 is 21.1 Å². The van der Waals surface area contributed by atoms with Crippen molar-refractivity contribution in [3.8, 4) is 5.75 Å². The van der Waals surface area contributed by atoms with Crippen LogP contribution in [0.4, 0.5) is 10.2 Å². The lowest BCUT2D eigenvalue weighted by molar-refractivity contribution is -0.114. The fourth-order valence-electron chi connectivity index (χ4n) is 5.23. The SMILES string of the molecule is CC(=O)Nc1cc(C(=O)NC23CCC(CC2)Cn2c3nc(C(=O)NCc3ccc(F)cc3)c(O)c2=O)ccn1. The number of aromatic nitrogens is 3. The molecular weight excluding hydrogens is 507 g/mol. The van der Waals surface area contributed by atoms with Crippen LogP contribution >= 0.6 is 0 Å². The highest BCUT2D eigenvalue weighted by Gasteiger charge is 2.46. The zero-order chi connectivity index (χ0) is 27.7. The Morgan fingerprint density at radius 3 is 2.54 bits per heavy atom. The summed E-state index contributed by atoms with van der Waals surface area (Å²) < 4.78 is 14.6. The molecule has 3 amide bonds. The van der Waals surface area contributed by atoms with E-state index in [-0.39, 0.29) is 35.6 Å². The van der Waals surface area contributed by atoms with E-state index in [0.717, 1.165) is 0 Å². The fraction of sp³-hybridized carbons (Fsp3) is 0.333. The van der Waals surface area contributed by atoms with E-state index in [9.17, 15) is 28.7 Å². The maximum absolute atomic E-state index is 13.4. The molecule has 2 aliphatic heterocycles. The van der Waals surface area contributed by atoms with Crippen molar-refractivity contribution in [2.24, 2.45) is 5.92 Å². The molecule has 0 spiro atoms. The van der Waals surface area contributed by atoms with E-state index in [1.54, 1.807) is 0 Å². The van der Waals surface area contributed by atoms with Gasteiger partial charge in [0, 0.05) is 31.8 Å². The maximum atomic E-state index is 13.4. The second kappa shape index (κ2) is 10.3. The fourth-order valence-corrected chi connectivity index (χ4v) is 5.23. The Balaban J connectivity index is 1.48. The minimum absolute atomic E-state index is 0.0290. The van der Waals surface area contributed by atoms with Crippen LogP contribution in [0.1, 0.15) is 64.8 Å². The van der Waals surface area contributed by atoms with Gasteiger partial charge in [0.05, 0.1) is 5.54 Å². The molecule has 3 aromatic rings. The smallest absolute Gasteiger partial charge is 0.296 e. The highest BCUT2D eigenvalue weighted by molar-refractivity contribution is 5.97. The second-order valence-electron chi connectivity index (χ2n) is 9.95. The molecule has 0 saturated heterocycles. The van der Waals surface area contributed by atoms with Crippen LogP contribution in [0.25, 0.3) is 0 Å². The Morgan fingerprint density at radius 2 is 1.85 bits per heavy atom. The van der Waals surface area contributed by atoms with Gasteiger partial charge in [-0.05, 0) is 61.4 Å². The average molecular weight is 535 g/mol. The number of hydrogen-bond acceptors (Lipinski definition) is 7. The summed E-state index contributed by atoms with van der Waals surface area (Å²) in [5.74, 6) is -2.16. The van der Waals surface area contributed by atoms with Crippen molar-refractivity contribution in [2.75, 3.05) is 5.32 Å². The second-order valence-corrected chi connectivity index (χ2v) is 9.95. The van der Waals surface area contributed by atoms with Crippen molar-refractivity contribution in [2.45, 2.75) is 51.2 Å². The number of fused-ring (bicyclic) bond motifs is 2. The molecule has 0 atom stereocenters. The Kier molecular flexibility index (Phi) is 6.85. The van der Waals surface area contributed by atoms with E-state index in [4.69, 9.17) is 0 Å². The summed E-state index contributed by atoms with van der Waals surface area (Å²) in [6, 6.07) is 8.49. The molecule has 1 aliphatic carbocycles. The predicted octanol–water partition coefficient (Wildman–Crippen LogP) is 2.20. The molecule has 202 valence electrons. The van der Waals surface area contributed by atoms with E-state index >= 15 is 0 Å². The first-order valence-corrected chi connectivity index (χ1v) is 12.6. The van der Waals surface area contributed by atoms with Gasteiger partial charge in [0.1, 0.15) is 17.5 Å². The molecule has 3 aliphatic rings. The molecule has 0 radical (unpaired) electrons. The number of anilines is 1. The predicted molar refractivity (Wildman–Crippen MR) is 137 cm³/mol. The van der Waals surface area contributed by atoms with Crippen molar-refractivity contribution in [3.63, 3.8) is 0 Å². The number of nitrogens with one attached hydrogen (secondary N) is 3. The molecule has 1 fully saturated rings. The van der Waals surface area contributed by atoms with Crippen LogP contribution < -0.4 is 21.5 Å². The highest BCUT2D eigenvalue weighted by Crippen LogP contribution is 2.43. The minimum Gasteiger partial charge on any atom is -0.501 e. The van der Waals surface area contributed by atoms with Gasteiger partial charge in [0.15, 0.2) is 5.69 Å².